The van der Waals surface area contributed by atoms with E-state index in [0.717, 1.165) is 32.0 Å². The molecule has 0 spiro atoms. The number of hydrogen-bond donors (Lipinski definition) is 2. The van der Waals surface area contributed by atoms with Crippen molar-refractivity contribution < 1.29 is 0 Å². The van der Waals surface area contributed by atoms with Crippen LogP contribution in [0.4, 0.5) is 0 Å². The Hall–Kier alpha value is -1.07. The fraction of sp³-hybridized carbons (Fsp3) is 0.643. The van der Waals surface area contributed by atoms with Crippen molar-refractivity contribution in [3.8, 4) is 0 Å². The molecule has 1 heterocycles. The topological polar surface area (TPSA) is 39.7 Å². The Bertz CT molecular complexity index is 360. The molecule has 0 aliphatic carbocycles. The molecule has 1 aromatic rings. The molecular formula is C14H26N4S. The van der Waals surface area contributed by atoms with Crippen molar-refractivity contribution in [2.45, 2.75) is 26.3 Å². The molecule has 0 aliphatic rings. The Balaban J connectivity index is 2.66. The molecule has 5 heteroatoms. The van der Waals surface area contributed by atoms with Crippen molar-refractivity contribution in [2.75, 3.05) is 33.7 Å². The first-order chi connectivity index (χ1) is 9.19. The van der Waals surface area contributed by atoms with Crippen LogP contribution < -0.4 is 10.6 Å². The zero-order valence-electron chi connectivity index (χ0n) is 12.4. The van der Waals surface area contributed by atoms with Gasteiger partial charge in [0.05, 0.1) is 12.6 Å². The molecule has 0 radical (unpaired) electrons. The monoisotopic (exact) mass is 282 g/mol. The van der Waals surface area contributed by atoms with Gasteiger partial charge < -0.3 is 15.5 Å². The number of guanidine groups is 1. The molecule has 1 aromatic heterocycles. The van der Waals surface area contributed by atoms with E-state index >= 15 is 0 Å². The molecule has 108 valence electrons. The van der Waals surface area contributed by atoms with Crippen LogP contribution in [0, 0.1) is 0 Å². The van der Waals surface area contributed by atoms with E-state index in [1.807, 2.05) is 0 Å². The van der Waals surface area contributed by atoms with Gasteiger partial charge in [0.25, 0.3) is 0 Å². The molecule has 0 aliphatic heterocycles. The minimum Gasteiger partial charge on any atom is -0.357 e. The molecule has 1 atom stereocenters. The van der Waals surface area contributed by atoms with E-state index < -0.39 is 0 Å². The van der Waals surface area contributed by atoms with Gasteiger partial charge in [0.2, 0.25) is 0 Å². The van der Waals surface area contributed by atoms with E-state index in [1.54, 1.807) is 11.3 Å². The lowest BCUT2D eigenvalue weighted by molar-refractivity contribution is 0.310. The Morgan fingerprint density at radius 3 is 2.68 bits per heavy atom. The minimum absolute atomic E-state index is 0.345. The first-order valence-corrected chi connectivity index (χ1v) is 7.79. The van der Waals surface area contributed by atoms with Crippen LogP contribution in [0.2, 0.25) is 0 Å². The molecule has 0 saturated carbocycles. The fourth-order valence-electron chi connectivity index (χ4n) is 1.75. The standard InChI is InChI=1S/C14H26N4S/c1-5-9-16-14(15-6-2)17-11-12(18(3)4)13-8-7-10-19-13/h7-8,10,12H,5-6,9,11H2,1-4H3,(H2,15,16,17). The largest absolute Gasteiger partial charge is 0.357 e. The van der Waals surface area contributed by atoms with Gasteiger partial charge in [-0.25, -0.2) is 0 Å². The van der Waals surface area contributed by atoms with Crippen LogP contribution in [0.5, 0.6) is 0 Å². The van der Waals surface area contributed by atoms with Gasteiger partial charge in [-0.15, -0.1) is 11.3 Å². The Kier molecular flexibility index (Phi) is 7.52. The van der Waals surface area contributed by atoms with Crippen LogP contribution in [0.1, 0.15) is 31.2 Å². The Morgan fingerprint density at radius 2 is 2.16 bits per heavy atom. The smallest absolute Gasteiger partial charge is 0.191 e. The van der Waals surface area contributed by atoms with Crippen molar-refractivity contribution in [2.24, 2.45) is 4.99 Å². The number of nitrogens with one attached hydrogen (secondary N) is 2. The van der Waals surface area contributed by atoms with Crippen molar-refractivity contribution in [3.05, 3.63) is 22.4 Å². The maximum absolute atomic E-state index is 4.69. The first kappa shape index (κ1) is 16.0. The maximum atomic E-state index is 4.69. The number of hydrogen-bond acceptors (Lipinski definition) is 3. The lowest BCUT2D eigenvalue weighted by Gasteiger charge is -2.22. The molecule has 0 aromatic carbocycles. The van der Waals surface area contributed by atoms with Crippen molar-refractivity contribution in [1.29, 1.82) is 0 Å². The molecule has 0 bridgehead atoms. The highest BCUT2D eigenvalue weighted by Crippen LogP contribution is 2.23. The summed E-state index contributed by atoms with van der Waals surface area (Å²) in [4.78, 5) is 8.27. The zero-order chi connectivity index (χ0) is 14.1. The average Bonchev–Trinajstić information content (AvgIpc) is 2.89. The lowest BCUT2D eigenvalue weighted by atomic mass is 10.2. The third kappa shape index (κ3) is 5.61. The number of aliphatic imine (C=N–C) groups is 1. The van der Waals surface area contributed by atoms with Crippen LogP contribution in [-0.2, 0) is 0 Å². The zero-order valence-corrected chi connectivity index (χ0v) is 13.3. The number of thiophene rings is 1. The molecule has 4 nitrogen and oxygen atoms in total. The third-order valence-corrected chi connectivity index (χ3v) is 3.78. The van der Waals surface area contributed by atoms with Crippen LogP contribution in [0.25, 0.3) is 0 Å². The predicted molar refractivity (Wildman–Crippen MR) is 85.0 cm³/mol. The van der Waals surface area contributed by atoms with E-state index in [9.17, 15) is 0 Å². The fourth-order valence-corrected chi connectivity index (χ4v) is 2.67. The van der Waals surface area contributed by atoms with E-state index in [4.69, 9.17) is 0 Å². The summed E-state index contributed by atoms with van der Waals surface area (Å²) in [5.41, 5.74) is 0. The summed E-state index contributed by atoms with van der Waals surface area (Å²) in [6.45, 7) is 6.86. The van der Waals surface area contributed by atoms with Gasteiger partial charge in [-0.1, -0.05) is 13.0 Å². The summed E-state index contributed by atoms with van der Waals surface area (Å²) in [5.74, 6) is 0.910. The Labute approximate surface area is 120 Å². The second-order valence-electron chi connectivity index (χ2n) is 4.64. The predicted octanol–water partition coefficient (Wildman–Crippen LogP) is 2.32. The van der Waals surface area contributed by atoms with Crippen LogP contribution in [-0.4, -0.2) is 44.6 Å². The van der Waals surface area contributed by atoms with Gasteiger partial charge in [0.1, 0.15) is 0 Å². The van der Waals surface area contributed by atoms with E-state index in [2.05, 4.69) is 66.0 Å². The second-order valence-corrected chi connectivity index (χ2v) is 5.62. The summed E-state index contributed by atoms with van der Waals surface area (Å²) in [7, 11) is 4.21. The molecular weight excluding hydrogens is 256 g/mol. The maximum Gasteiger partial charge on any atom is 0.191 e. The summed E-state index contributed by atoms with van der Waals surface area (Å²) in [5, 5.41) is 8.74. The molecule has 1 unspecified atom stereocenters. The minimum atomic E-state index is 0.345. The quantitative estimate of drug-likeness (QED) is 0.595. The van der Waals surface area contributed by atoms with Crippen molar-refractivity contribution >= 4 is 17.3 Å². The lowest BCUT2D eigenvalue weighted by Crippen LogP contribution is -2.38. The average molecular weight is 282 g/mol. The van der Waals surface area contributed by atoms with E-state index in [1.165, 1.54) is 4.88 Å². The van der Waals surface area contributed by atoms with Gasteiger partial charge in [0, 0.05) is 18.0 Å². The van der Waals surface area contributed by atoms with E-state index in [0.29, 0.717) is 6.04 Å². The normalized spacial score (nSPS) is 13.6. The van der Waals surface area contributed by atoms with Crippen molar-refractivity contribution in [3.63, 3.8) is 0 Å². The number of rotatable bonds is 7. The third-order valence-electron chi connectivity index (χ3n) is 2.80. The van der Waals surface area contributed by atoms with Crippen LogP contribution in [0.3, 0.4) is 0 Å². The van der Waals surface area contributed by atoms with Crippen LogP contribution in [0.15, 0.2) is 22.5 Å². The van der Waals surface area contributed by atoms with Gasteiger partial charge in [-0.2, -0.15) is 0 Å². The molecule has 1 rings (SSSR count). The van der Waals surface area contributed by atoms with Gasteiger partial charge in [-0.05, 0) is 38.9 Å². The SMILES string of the molecule is CCCNC(=NCC(c1cccs1)N(C)C)NCC. The summed E-state index contributed by atoms with van der Waals surface area (Å²) in [6, 6.07) is 4.62. The van der Waals surface area contributed by atoms with E-state index in [-0.39, 0.29) is 0 Å². The van der Waals surface area contributed by atoms with Crippen LogP contribution >= 0.6 is 11.3 Å². The molecule has 0 saturated heterocycles. The highest BCUT2D eigenvalue weighted by Gasteiger charge is 2.14. The van der Waals surface area contributed by atoms with Gasteiger partial charge in [0.15, 0.2) is 5.96 Å². The molecule has 0 fully saturated rings. The highest BCUT2D eigenvalue weighted by molar-refractivity contribution is 7.10. The second kappa shape index (κ2) is 8.93. The Morgan fingerprint density at radius 1 is 1.37 bits per heavy atom. The summed E-state index contributed by atoms with van der Waals surface area (Å²) in [6.07, 6.45) is 1.10. The summed E-state index contributed by atoms with van der Waals surface area (Å²) < 4.78 is 0. The van der Waals surface area contributed by atoms with Gasteiger partial charge in [-0.3, -0.25) is 4.99 Å². The number of nitrogens with zero attached hydrogens (tertiary/aromatic N) is 2. The number of likely N-dealkylation sites (N-methyl/N-ethyl adjacent to an activating group) is 1. The van der Waals surface area contributed by atoms with Crippen molar-refractivity contribution in [1.82, 2.24) is 15.5 Å². The molecule has 0 amide bonds. The van der Waals surface area contributed by atoms with Gasteiger partial charge >= 0.3 is 0 Å². The molecule has 2 N–H and O–H groups in total. The highest BCUT2D eigenvalue weighted by atomic mass is 32.1. The summed E-state index contributed by atoms with van der Waals surface area (Å²) >= 11 is 1.79. The molecule has 19 heavy (non-hydrogen) atoms. The first-order valence-electron chi connectivity index (χ1n) is 6.91.